The van der Waals surface area contributed by atoms with Crippen LogP contribution in [0.25, 0.3) is 33.5 Å². The summed E-state index contributed by atoms with van der Waals surface area (Å²) in [6.07, 6.45) is 9.97. The second kappa shape index (κ2) is 9.28. The van der Waals surface area contributed by atoms with Crippen LogP contribution in [0, 0.1) is 0 Å². The molecule has 5 aromatic rings. The summed E-state index contributed by atoms with van der Waals surface area (Å²) >= 11 is 0. The third kappa shape index (κ3) is 4.40. The number of hydrogen-bond donors (Lipinski definition) is 1. The Bertz CT molecular complexity index is 1560. The summed E-state index contributed by atoms with van der Waals surface area (Å²) in [7, 11) is 5.96. The molecule has 12 nitrogen and oxygen atoms in total. The van der Waals surface area contributed by atoms with Gasteiger partial charge < -0.3 is 15.0 Å². The molecule has 1 N–H and O–H groups in total. The summed E-state index contributed by atoms with van der Waals surface area (Å²) in [5, 5.41) is 18.3. The molecule has 0 saturated heterocycles. The van der Waals surface area contributed by atoms with Crippen LogP contribution in [-0.4, -0.2) is 76.4 Å². The van der Waals surface area contributed by atoms with Crippen molar-refractivity contribution in [3.63, 3.8) is 0 Å². The van der Waals surface area contributed by atoms with E-state index in [2.05, 4.69) is 56.1 Å². The van der Waals surface area contributed by atoms with Gasteiger partial charge in [0.15, 0.2) is 5.82 Å². The first kappa shape index (κ1) is 23.1. The van der Waals surface area contributed by atoms with Gasteiger partial charge >= 0.3 is 0 Å². The average Bonchev–Trinajstić information content (AvgIpc) is 3.59. The lowest BCUT2D eigenvalue weighted by Gasteiger charge is -2.16. The number of hydrogen-bond acceptors (Lipinski definition) is 9. The van der Waals surface area contributed by atoms with E-state index < -0.39 is 0 Å². The number of aryl methyl sites for hydroxylation is 1. The number of aromatic nitrogens is 9. The summed E-state index contributed by atoms with van der Waals surface area (Å²) in [6, 6.07) is 3.90. The maximum absolute atomic E-state index is 6.19. The Morgan fingerprint density at radius 2 is 2.03 bits per heavy atom. The fraction of sp³-hybridized carbons (Fsp3) is 0.360. The smallest absolute Gasteiger partial charge is 0.222 e. The van der Waals surface area contributed by atoms with Crippen molar-refractivity contribution >= 4 is 22.5 Å². The largest absolute Gasteiger partial charge is 0.477 e. The first-order valence-corrected chi connectivity index (χ1v) is 12.3. The van der Waals surface area contributed by atoms with Gasteiger partial charge in [-0.15, -0.1) is 0 Å². The zero-order valence-corrected chi connectivity index (χ0v) is 21.3. The van der Waals surface area contributed by atoms with E-state index in [4.69, 9.17) is 14.8 Å². The number of nitrogens with zero attached hydrogens (tertiary/aromatic N) is 10. The molecule has 1 aliphatic rings. The van der Waals surface area contributed by atoms with Gasteiger partial charge in [-0.05, 0) is 27.1 Å². The molecule has 0 aliphatic carbocycles. The monoisotopic (exact) mass is 499 g/mol. The minimum atomic E-state index is 0.0731. The van der Waals surface area contributed by atoms with Crippen molar-refractivity contribution in [2.75, 3.05) is 32.6 Å². The number of nitrogens with one attached hydrogen (secondary N) is 1. The lowest BCUT2D eigenvalue weighted by Crippen LogP contribution is -2.18. The van der Waals surface area contributed by atoms with Crippen LogP contribution in [-0.2, 0) is 13.6 Å². The summed E-state index contributed by atoms with van der Waals surface area (Å²) < 4.78 is 11.9. The number of rotatable bonds is 4. The topological polar surface area (TPSA) is 117 Å². The molecular formula is C25H29N11O. The van der Waals surface area contributed by atoms with Crippen molar-refractivity contribution in [1.29, 1.82) is 0 Å². The van der Waals surface area contributed by atoms with Gasteiger partial charge in [0.05, 0.1) is 37.1 Å². The predicted molar refractivity (Wildman–Crippen MR) is 140 cm³/mol. The van der Waals surface area contributed by atoms with Crippen molar-refractivity contribution < 1.29 is 4.74 Å². The molecule has 0 saturated carbocycles. The van der Waals surface area contributed by atoms with Gasteiger partial charge in [0.25, 0.3) is 0 Å². The first-order chi connectivity index (χ1) is 18.0. The van der Waals surface area contributed by atoms with E-state index >= 15 is 0 Å². The van der Waals surface area contributed by atoms with E-state index in [0.29, 0.717) is 29.9 Å². The molecule has 1 atom stereocenters. The van der Waals surface area contributed by atoms with Gasteiger partial charge in [0, 0.05) is 55.6 Å². The van der Waals surface area contributed by atoms with Crippen molar-refractivity contribution in [2.45, 2.75) is 25.9 Å². The molecular weight excluding hydrogens is 470 g/mol. The Hall–Kier alpha value is -4.32. The fourth-order valence-electron chi connectivity index (χ4n) is 4.45. The molecule has 37 heavy (non-hydrogen) atoms. The van der Waals surface area contributed by atoms with E-state index in [0.717, 1.165) is 47.2 Å². The van der Waals surface area contributed by atoms with Crippen LogP contribution >= 0.6 is 0 Å². The Balaban J connectivity index is 1.42. The first-order valence-electron chi connectivity index (χ1n) is 12.3. The summed E-state index contributed by atoms with van der Waals surface area (Å²) in [5.74, 6) is 2.48. The molecule has 190 valence electrons. The molecule has 6 heterocycles. The van der Waals surface area contributed by atoms with Crippen molar-refractivity contribution in [2.24, 2.45) is 7.05 Å². The highest BCUT2D eigenvalue weighted by Crippen LogP contribution is 2.33. The lowest BCUT2D eigenvalue weighted by molar-refractivity contribution is 0.260. The number of pyridine rings is 1. The second-order valence-electron chi connectivity index (χ2n) is 9.54. The summed E-state index contributed by atoms with van der Waals surface area (Å²) in [5.41, 5.74) is 3.55. The minimum Gasteiger partial charge on any atom is -0.477 e. The normalized spacial score (nSPS) is 15.4. The molecule has 0 amide bonds. The lowest BCUT2D eigenvalue weighted by atomic mass is 10.1. The maximum atomic E-state index is 6.19. The van der Waals surface area contributed by atoms with Gasteiger partial charge in [-0.25, -0.2) is 19.6 Å². The van der Waals surface area contributed by atoms with Gasteiger partial charge in [-0.3, -0.25) is 9.36 Å². The van der Waals surface area contributed by atoms with Crippen LogP contribution in [0.3, 0.4) is 0 Å². The number of fused-ring (bicyclic) bond motifs is 5. The Morgan fingerprint density at radius 3 is 2.89 bits per heavy atom. The third-order valence-electron chi connectivity index (χ3n) is 6.50. The van der Waals surface area contributed by atoms with Crippen LogP contribution in [0.5, 0.6) is 5.88 Å². The Labute approximate surface area is 213 Å². The third-order valence-corrected chi connectivity index (χ3v) is 6.50. The van der Waals surface area contributed by atoms with E-state index in [-0.39, 0.29) is 6.04 Å². The Kier molecular flexibility index (Phi) is 5.80. The molecule has 6 rings (SSSR count). The van der Waals surface area contributed by atoms with Crippen LogP contribution < -0.4 is 10.1 Å². The van der Waals surface area contributed by atoms with E-state index in [1.165, 1.54) is 0 Å². The molecule has 0 radical (unpaired) electrons. The number of ether oxygens (including phenoxy) is 1. The predicted octanol–water partition coefficient (Wildman–Crippen LogP) is 3.13. The van der Waals surface area contributed by atoms with E-state index in [1.54, 1.807) is 17.1 Å². The molecule has 0 aromatic carbocycles. The van der Waals surface area contributed by atoms with Gasteiger partial charge in [0.2, 0.25) is 5.88 Å². The van der Waals surface area contributed by atoms with Gasteiger partial charge in [-0.2, -0.15) is 15.3 Å². The Morgan fingerprint density at radius 1 is 1.14 bits per heavy atom. The number of likely N-dealkylation sites (N-methyl/N-ethyl adjacent to an activating group) is 1. The molecule has 0 unspecified atom stereocenters. The number of anilines is 2. The van der Waals surface area contributed by atoms with Crippen molar-refractivity contribution in [3.05, 3.63) is 43.1 Å². The molecule has 5 aromatic heterocycles. The van der Waals surface area contributed by atoms with Crippen LogP contribution in [0.15, 0.2) is 43.1 Å². The average molecular weight is 500 g/mol. The SMILES string of the molecule is C[C@H]1CCOc2c(cnn2C)-c2nccc(n2)Nc2cc3c(cn2)c(-c2cnn(CCN(C)C)c2)nn31. The molecule has 1 aliphatic heterocycles. The van der Waals surface area contributed by atoms with Crippen LogP contribution in [0.1, 0.15) is 19.4 Å². The molecule has 4 bridgehead atoms. The van der Waals surface area contributed by atoms with Crippen molar-refractivity contribution in [3.8, 4) is 28.5 Å². The second-order valence-corrected chi connectivity index (χ2v) is 9.54. The summed E-state index contributed by atoms with van der Waals surface area (Å²) in [4.78, 5) is 16.0. The molecule has 0 spiro atoms. The summed E-state index contributed by atoms with van der Waals surface area (Å²) in [6.45, 7) is 4.35. The van der Waals surface area contributed by atoms with Gasteiger partial charge in [0.1, 0.15) is 22.9 Å². The highest BCUT2D eigenvalue weighted by molar-refractivity contribution is 5.94. The fourth-order valence-corrected chi connectivity index (χ4v) is 4.45. The quantitative estimate of drug-likeness (QED) is 0.398. The van der Waals surface area contributed by atoms with Crippen LogP contribution in [0.4, 0.5) is 11.6 Å². The van der Waals surface area contributed by atoms with Crippen molar-refractivity contribution in [1.82, 2.24) is 49.2 Å². The highest BCUT2D eigenvalue weighted by atomic mass is 16.5. The zero-order chi connectivity index (χ0) is 25.5. The maximum Gasteiger partial charge on any atom is 0.222 e. The van der Waals surface area contributed by atoms with E-state index in [9.17, 15) is 0 Å². The molecule has 12 heteroatoms. The van der Waals surface area contributed by atoms with E-state index in [1.807, 2.05) is 42.5 Å². The minimum absolute atomic E-state index is 0.0731. The highest BCUT2D eigenvalue weighted by Gasteiger charge is 2.21. The van der Waals surface area contributed by atoms with Crippen LogP contribution in [0.2, 0.25) is 0 Å². The zero-order valence-electron chi connectivity index (χ0n) is 21.3. The molecule has 0 fully saturated rings. The standard InChI is InChI=1S/C25H29N11O/c1-16-6-10-37-25-19(14-28-34(25)4)24-26-7-5-21(31-24)30-22-11-20-18(13-27-22)23(32-36(16)20)17-12-29-35(15-17)9-8-33(2)3/h5,7,11-16H,6,8-10H2,1-4H3,(H,26,27,30,31)/t16-/m0/s1. The van der Waals surface area contributed by atoms with Gasteiger partial charge in [-0.1, -0.05) is 0 Å².